The Morgan fingerprint density at radius 1 is 1.29 bits per heavy atom. The van der Waals surface area contributed by atoms with E-state index >= 15 is 0 Å². The molecule has 0 unspecified atom stereocenters. The van der Waals surface area contributed by atoms with Gasteiger partial charge in [-0.3, -0.25) is 14.5 Å². The molecule has 1 saturated heterocycles. The second-order valence-electron chi connectivity index (χ2n) is 7.39. The van der Waals surface area contributed by atoms with E-state index in [9.17, 15) is 9.59 Å². The SMILES string of the molecule is CC1CCN(Cc2csc(NC(=O)CN3C(=O)CSc4ccccc43)n2)CC1. The van der Waals surface area contributed by atoms with E-state index < -0.39 is 0 Å². The molecule has 2 amide bonds. The Hall–Kier alpha value is -1.90. The van der Waals surface area contributed by atoms with Crippen molar-refractivity contribution < 1.29 is 9.59 Å². The molecular weight excluding hydrogens is 392 g/mol. The number of thioether (sulfide) groups is 1. The summed E-state index contributed by atoms with van der Waals surface area (Å²) in [6.45, 7) is 5.35. The molecule has 1 N–H and O–H groups in total. The zero-order valence-electron chi connectivity index (χ0n) is 15.9. The van der Waals surface area contributed by atoms with E-state index in [1.165, 1.54) is 35.9 Å². The fourth-order valence-corrected chi connectivity index (χ4v) is 5.17. The summed E-state index contributed by atoms with van der Waals surface area (Å²) in [5.74, 6) is 0.906. The Bertz CT molecular complexity index is 861. The van der Waals surface area contributed by atoms with Gasteiger partial charge in [0.1, 0.15) is 6.54 Å². The van der Waals surface area contributed by atoms with Gasteiger partial charge in [-0.2, -0.15) is 0 Å². The van der Waals surface area contributed by atoms with Gasteiger partial charge in [-0.25, -0.2) is 4.98 Å². The molecule has 0 bridgehead atoms. The fourth-order valence-electron chi connectivity index (χ4n) is 3.52. The summed E-state index contributed by atoms with van der Waals surface area (Å²) in [6, 6.07) is 7.69. The summed E-state index contributed by atoms with van der Waals surface area (Å²) in [7, 11) is 0. The summed E-state index contributed by atoms with van der Waals surface area (Å²) in [5, 5.41) is 5.46. The number of aromatic nitrogens is 1. The van der Waals surface area contributed by atoms with E-state index in [0.717, 1.165) is 41.8 Å². The minimum atomic E-state index is -0.220. The maximum Gasteiger partial charge on any atom is 0.246 e. The maximum absolute atomic E-state index is 12.5. The fraction of sp³-hybridized carbons (Fsp3) is 0.450. The van der Waals surface area contributed by atoms with Crippen molar-refractivity contribution in [2.75, 3.05) is 35.6 Å². The van der Waals surface area contributed by atoms with Crippen LogP contribution in [-0.2, 0) is 16.1 Å². The predicted molar refractivity (Wildman–Crippen MR) is 114 cm³/mol. The van der Waals surface area contributed by atoms with Gasteiger partial charge in [0.05, 0.1) is 17.1 Å². The number of fused-ring (bicyclic) bond motifs is 1. The normalized spacial score (nSPS) is 18.2. The number of rotatable bonds is 5. The van der Waals surface area contributed by atoms with Crippen molar-refractivity contribution in [2.45, 2.75) is 31.2 Å². The molecule has 1 aromatic heterocycles. The van der Waals surface area contributed by atoms with Crippen molar-refractivity contribution in [3.05, 3.63) is 35.3 Å². The Kier molecular flexibility index (Phi) is 5.99. The number of para-hydroxylation sites is 1. The molecule has 0 radical (unpaired) electrons. The Labute approximate surface area is 173 Å². The molecule has 2 aliphatic heterocycles. The molecular formula is C20H24N4O2S2. The summed E-state index contributed by atoms with van der Waals surface area (Å²) >= 11 is 2.95. The molecule has 3 heterocycles. The van der Waals surface area contributed by atoms with Crippen molar-refractivity contribution >= 4 is 45.7 Å². The highest BCUT2D eigenvalue weighted by atomic mass is 32.2. The topological polar surface area (TPSA) is 65.5 Å². The van der Waals surface area contributed by atoms with Crippen molar-refractivity contribution in [3.8, 4) is 0 Å². The molecule has 0 saturated carbocycles. The molecule has 1 aromatic carbocycles. The first-order valence-electron chi connectivity index (χ1n) is 9.57. The summed E-state index contributed by atoms with van der Waals surface area (Å²) in [6.07, 6.45) is 2.47. The number of likely N-dealkylation sites (tertiary alicyclic amines) is 1. The third-order valence-corrected chi connectivity index (χ3v) is 7.02. The number of nitrogens with one attached hydrogen (secondary N) is 1. The first kappa shape index (κ1) is 19.4. The zero-order valence-corrected chi connectivity index (χ0v) is 17.5. The van der Waals surface area contributed by atoms with Crippen LogP contribution in [0.2, 0.25) is 0 Å². The summed E-state index contributed by atoms with van der Waals surface area (Å²) in [5.41, 5.74) is 1.80. The largest absolute Gasteiger partial charge is 0.301 e. The lowest BCUT2D eigenvalue weighted by molar-refractivity contribution is -0.120. The molecule has 6 nitrogen and oxygen atoms in total. The van der Waals surface area contributed by atoms with E-state index in [-0.39, 0.29) is 18.4 Å². The Balaban J connectivity index is 1.34. The summed E-state index contributed by atoms with van der Waals surface area (Å²) < 4.78 is 0. The van der Waals surface area contributed by atoms with Crippen LogP contribution < -0.4 is 10.2 Å². The molecule has 0 atom stereocenters. The molecule has 28 heavy (non-hydrogen) atoms. The third kappa shape index (κ3) is 4.56. The van der Waals surface area contributed by atoms with Crippen LogP contribution in [0.15, 0.2) is 34.5 Å². The monoisotopic (exact) mass is 416 g/mol. The highest BCUT2D eigenvalue weighted by Gasteiger charge is 2.26. The summed E-state index contributed by atoms with van der Waals surface area (Å²) in [4.78, 5) is 34.4. The molecule has 4 rings (SSSR count). The minimum Gasteiger partial charge on any atom is -0.301 e. The molecule has 0 spiro atoms. The minimum absolute atomic E-state index is 0.00926. The average Bonchev–Trinajstić information content (AvgIpc) is 3.12. The number of piperidine rings is 1. The van der Waals surface area contributed by atoms with Gasteiger partial charge in [0.25, 0.3) is 0 Å². The van der Waals surface area contributed by atoms with E-state index in [1.807, 2.05) is 29.6 Å². The second kappa shape index (κ2) is 8.63. The van der Waals surface area contributed by atoms with Gasteiger partial charge < -0.3 is 10.2 Å². The number of hydrogen-bond acceptors (Lipinski definition) is 6. The van der Waals surface area contributed by atoms with E-state index in [0.29, 0.717) is 10.9 Å². The Morgan fingerprint density at radius 3 is 2.89 bits per heavy atom. The first-order chi connectivity index (χ1) is 13.6. The van der Waals surface area contributed by atoms with Gasteiger partial charge >= 0.3 is 0 Å². The quantitative estimate of drug-likeness (QED) is 0.809. The number of anilines is 2. The number of hydrogen-bond donors (Lipinski definition) is 1. The van der Waals surface area contributed by atoms with E-state index in [2.05, 4.69) is 22.1 Å². The molecule has 0 aliphatic carbocycles. The predicted octanol–water partition coefficient (Wildman–Crippen LogP) is 3.45. The lowest BCUT2D eigenvalue weighted by Gasteiger charge is -2.29. The van der Waals surface area contributed by atoms with Crippen LogP contribution in [0.25, 0.3) is 0 Å². The highest BCUT2D eigenvalue weighted by Crippen LogP contribution is 2.34. The maximum atomic E-state index is 12.5. The third-order valence-electron chi connectivity index (χ3n) is 5.17. The molecule has 1 fully saturated rings. The van der Waals surface area contributed by atoms with Crippen LogP contribution in [0.3, 0.4) is 0 Å². The average molecular weight is 417 g/mol. The smallest absolute Gasteiger partial charge is 0.246 e. The zero-order chi connectivity index (χ0) is 19.5. The van der Waals surface area contributed by atoms with E-state index in [1.54, 1.807) is 4.90 Å². The number of thiazole rings is 1. The number of amides is 2. The van der Waals surface area contributed by atoms with Crippen molar-refractivity contribution in [3.63, 3.8) is 0 Å². The molecule has 8 heteroatoms. The van der Waals surface area contributed by atoms with Gasteiger partial charge in [0, 0.05) is 16.8 Å². The van der Waals surface area contributed by atoms with Gasteiger partial charge in [-0.05, 0) is 44.0 Å². The van der Waals surface area contributed by atoms with Crippen molar-refractivity contribution in [1.82, 2.24) is 9.88 Å². The lowest BCUT2D eigenvalue weighted by Crippen LogP contribution is -2.41. The van der Waals surface area contributed by atoms with Gasteiger partial charge in [-0.15, -0.1) is 23.1 Å². The Morgan fingerprint density at radius 2 is 2.07 bits per heavy atom. The number of benzene rings is 1. The number of carbonyl (C=O) groups excluding carboxylic acids is 2. The second-order valence-corrected chi connectivity index (χ2v) is 9.26. The van der Waals surface area contributed by atoms with Crippen LogP contribution in [0.1, 0.15) is 25.5 Å². The van der Waals surface area contributed by atoms with Crippen LogP contribution in [0.4, 0.5) is 10.8 Å². The van der Waals surface area contributed by atoms with Gasteiger partial charge in [0.2, 0.25) is 11.8 Å². The van der Waals surface area contributed by atoms with Gasteiger partial charge in [0.15, 0.2) is 5.13 Å². The standard InChI is InChI=1S/C20H24N4O2S2/c1-14-6-8-23(9-7-14)10-15-12-28-20(21-15)22-18(25)11-24-16-4-2-3-5-17(16)27-13-19(24)26/h2-5,12,14H,6-11,13H2,1H3,(H,21,22,25). The van der Waals surface area contributed by atoms with Crippen molar-refractivity contribution in [2.24, 2.45) is 5.92 Å². The van der Waals surface area contributed by atoms with Crippen LogP contribution in [0, 0.1) is 5.92 Å². The van der Waals surface area contributed by atoms with E-state index in [4.69, 9.17) is 0 Å². The molecule has 2 aliphatic rings. The van der Waals surface area contributed by atoms with Gasteiger partial charge in [-0.1, -0.05) is 19.1 Å². The molecule has 2 aromatic rings. The lowest BCUT2D eigenvalue weighted by atomic mass is 9.99. The first-order valence-corrected chi connectivity index (χ1v) is 11.4. The van der Waals surface area contributed by atoms with Crippen LogP contribution in [-0.4, -0.2) is 47.1 Å². The van der Waals surface area contributed by atoms with Crippen molar-refractivity contribution in [1.29, 1.82) is 0 Å². The number of carbonyl (C=O) groups is 2. The molecule has 148 valence electrons. The highest BCUT2D eigenvalue weighted by molar-refractivity contribution is 8.00. The van der Waals surface area contributed by atoms with Crippen LogP contribution in [0.5, 0.6) is 0 Å². The number of nitrogens with zero attached hydrogens (tertiary/aromatic N) is 3. The van der Waals surface area contributed by atoms with Crippen LogP contribution >= 0.6 is 23.1 Å².